The number of aryl methyl sites for hydroxylation is 2. The van der Waals surface area contributed by atoms with Gasteiger partial charge in [-0.1, -0.05) is 51.0 Å². The predicted molar refractivity (Wildman–Crippen MR) is 92.0 cm³/mol. The average molecular weight is 370 g/mol. The molecule has 2 rings (SSSR count). The zero-order valence-corrected chi connectivity index (χ0v) is 14.8. The van der Waals surface area contributed by atoms with E-state index in [0.717, 1.165) is 36.8 Å². The van der Waals surface area contributed by atoms with Gasteiger partial charge in [-0.05, 0) is 48.2 Å². The molecule has 0 bridgehead atoms. The Labute approximate surface area is 150 Å². The van der Waals surface area contributed by atoms with Crippen molar-refractivity contribution < 1.29 is 27.0 Å². The topological polar surface area (TPSA) is 18.5 Å². The summed E-state index contributed by atoms with van der Waals surface area (Å²) in [5.74, 6) is -0.701. The van der Waals surface area contributed by atoms with E-state index in [1.807, 2.05) is 13.8 Å². The monoisotopic (exact) mass is 370 g/mol. The summed E-state index contributed by atoms with van der Waals surface area (Å²) in [6, 6.07) is 11.3. The van der Waals surface area contributed by atoms with Crippen LogP contribution in [0.25, 0.3) is 0 Å². The molecule has 0 spiro atoms. The Hall–Kier alpha value is -2.24. The maximum Gasteiger partial charge on any atom is 0.507 e. The van der Waals surface area contributed by atoms with E-state index >= 15 is 0 Å². The number of alkyl halides is 4. The third-order valence-electron chi connectivity index (χ3n) is 3.75. The molecule has 0 atom stereocenters. The van der Waals surface area contributed by atoms with Gasteiger partial charge in [0.1, 0.15) is 11.5 Å². The Morgan fingerprint density at radius 3 is 1.19 bits per heavy atom. The molecule has 0 unspecified atom stereocenters. The number of benzene rings is 2. The van der Waals surface area contributed by atoms with Gasteiger partial charge in [-0.3, -0.25) is 0 Å². The molecule has 2 aromatic carbocycles. The fourth-order valence-electron chi connectivity index (χ4n) is 2.44. The van der Waals surface area contributed by atoms with E-state index in [-0.39, 0.29) is 11.5 Å². The molecule has 0 saturated carbocycles. The second-order valence-corrected chi connectivity index (χ2v) is 6.03. The molecule has 0 heterocycles. The third kappa shape index (κ3) is 5.13. The van der Waals surface area contributed by atoms with Gasteiger partial charge >= 0.3 is 12.2 Å². The van der Waals surface area contributed by atoms with Crippen LogP contribution in [0.5, 0.6) is 11.5 Å². The highest BCUT2D eigenvalue weighted by molar-refractivity contribution is 5.29. The van der Waals surface area contributed by atoms with Gasteiger partial charge in [0.15, 0.2) is 0 Å². The predicted octanol–water partition coefficient (Wildman–Crippen LogP) is 6.24. The highest BCUT2D eigenvalue weighted by atomic mass is 19.3. The Balaban J connectivity index is 2.07. The summed E-state index contributed by atoms with van der Waals surface area (Å²) in [5, 5.41) is 0. The summed E-state index contributed by atoms with van der Waals surface area (Å²) >= 11 is 0. The van der Waals surface area contributed by atoms with Crippen LogP contribution in [0.4, 0.5) is 17.6 Å². The first-order chi connectivity index (χ1) is 12.3. The van der Waals surface area contributed by atoms with E-state index in [2.05, 4.69) is 9.47 Å². The summed E-state index contributed by atoms with van der Waals surface area (Å²) in [6.07, 6.45) is -6.32. The summed E-state index contributed by atoms with van der Waals surface area (Å²) in [4.78, 5) is 0. The van der Waals surface area contributed by atoms with Gasteiger partial charge in [-0.25, -0.2) is 0 Å². The molecule has 0 aliphatic heterocycles. The number of ether oxygens (including phenoxy) is 2. The van der Waals surface area contributed by atoms with E-state index in [1.165, 1.54) is 24.3 Å². The van der Waals surface area contributed by atoms with Crippen molar-refractivity contribution in [1.82, 2.24) is 0 Å². The highest BCUT2D eigenvalue weighted by Gasteiger charge is 2.63. The average Bonchev–Trinajstić information content (AvgIpc) is 2.58. The van der Waals surface area contributed by atoms with E-state index in [1.54, 1.807) is 24.3 Å². The van der Waals surface area contributed by atoms with Crippen molar-refractivity contribution in [3.05, 3.63) is 59.7 Å². The molecule has 2 aromatic rings. The Kier molecular flexibility index (Phi) is 6.51. The van der Waals surface area contributed by atoms with E-state index in [9.17, 15) is 17.6 Å². The minimum atomic E-state index is -4.82. The normalized spacial score (nSPS) is 12.1. The van der Waals surface area contributed by atoms with Crippen molar-refractivity contribution in [1.29, 1.82) is 0 Å². The Morgan fingerprint density at radius 2 is 0.923 bits per heavy atom. The van der Waals surface area contributed by atoms with Gasteiger partial charge in [-0.2, -0.15) is 17.6 Å². The van der Waals surface area contributed by atoms with Crippen molar-refractivity contribution in [3.63, 3.8) is 0 Å². The molecular formula is C20H22F4O2. The summed E-state index contributed by atoms with van der Waals surface area (Å²) in [6.45, 7) is 3.95. The maximum absolute atomic E-state index is 13.9. The van der Waals surface area contributed by atoms with Gasteiger partial charge in [0, 0.05) is 0 Å². The van der Waals surface area contributed by atoms with Gasteiger partial charge < -0.3 is 9.47 Å². The van der Waals surface area contributed by atoms with Crippen LogP contribution in [-0.2, 0) is 12.8 Å². The van der Waals surface area contributed by atoms with Gasteiger partial charge in [-0.15, -0.1) is 0 Å². The third-order valence-corrected chi connectivity index (χ3v) is 3.75. The fourth-order valence-corrected chi connectivity index (χ4v) is 2.44. The molecule has 0 N–H and O–H groups in total. The second kappa shape index (κ2) is 8.43. The second-order valence-electron chi connectivity index (χ2n) is 6.03. The maximum atomic E-state index is 13.9. The molecule has 0 aliphatic carbocycles. The molecule has 0 aliphatic rings. The highest BCUT2D eigenvalue weighted by Crippen LogP contribution is 2.38. The quantitative estimate of drug-likeness (QED) is 0.487. The smallest absolute Gasteiger partial charge is 0.425 e. The summed E-state index contributed by atoms with van der Waals surface area (Å²) in [5.41, 5.74) is 1.83. The van der Waals surface area contributed by atoms with E-state index in [0.29, 0.717) is 0 Å². The summed E-state index contributed by atoms with van der Waals surface area (Å²) in [7, 11) is 0. The van der Waals surface area contributed by atoms with Gasteiger partial charge in [0.05, 0.1) is 0 Å². The number of hydrogen-bond donors (Lipinski definition) is 0. The van der Waals surface area contributed by atoms with Crippen molar-refractivity contribution >= 4 is 0 Å². The fraction of sp³-hybridized carbons (Fsp3) is 0.400. The Bertz CT molecular complexity index is 620. The lowest BCUT2D eigenvalue weighted by atomic mass is 10.1. The van der Waals surface area contributed by atoms with Crippen molar-refractivity contribution in [2.45, 2.75) is 51.7 Å². The molecule has 0 aromatic heterocycles. The van der Waals surface area contributed by atoms with Crippen molar-refractivity contribution in [2.24, 2.45) is 0 Å². The summed E-state index contributed by atoms with van der Waals surface area (Å²) < 4.78 is 64.1. The molecule has 0 fully saturated rings. The van der Waals surface area contributed by atoms with Crippen LogP contribution in [0, 0.1) is 0 Å². The lowest BCUT2D eigenvalue weighted by molar-refractivity contribution is -0.379. The van der Waals surface area contributed by atoms with Crippen LogP contribution in [0.15, 0.2) is 48.5 Å². The van der Waals surface area contributed by atoms with Gasteiger partial charge in [0.2, 0.25) is 0 Å². The minimum Gasteiger partial charge on any atom is -0.425 e. The minimum absolute atomic E-state index is 0.351. The molecular weight excluding hydrogens is 348 g/mol. The van der Waals surface area contributed by atoms with Gasteiger partial charge in [0.25, 0.3) is 0 Å². The molecule has 0 amide bonds. The molecule has 0 radical (unpaired) electrons. The van der Waals surface area contributed by atoms with E-state index in [4.69, 9.17) is 0 Å². The first-order valence-electron chi connectivity index (χ1n) is 8.59. The van der Waals surface area contributed by atoms with Crippen LogP contribution in [0.2, 0.25) is 0 Å². The zero-order chi connectivity index (χ0) is 19.2. The molecule has 2 nitrogen and oxygen atoms in total. The lowest BCUT2D eigenvalue weighted by Gasteiger charge is -2.26. The van der Waals surface area contributed by atoms with Crippen LogP contribution in [0.1, 0.15) is 37.8 Å². The molecule has 26 heavy (non-hydrogen) atoms. The van der Waals surface area contributed by atoms with Crippen LogP contribution < -0.4 is 9.47 Å². The largest absolute Gasteiger partial charge is 0.507 e. The Morgan fingerprint density at radius 1 is 0.615 bits per heavy atom. The van der Waals surface area contributed by atoms with Crippen LogP contribution >= 0.6 is 0 Å². The molecule has 6 heteroatoms. The number of hydrogen-bond acceptors (Lipinski definition) is 2. The number of rotatable bonds is 9. The van der Waals surface area contributed by atoms with Crippen LogP contribution in [-0.4, -0.2) is 12.2 Å². The standard InChI is InChI=1S/C20H22F4O2/c1-3-5-15-7-11-17(12-8-15)25-19(21,22)20(23,24)26-18-13-9-16(6-4-2)10-14-18/h7-14H,3-6H2,1-2H3. The number of halogens is 4. The lowest BCUT2D eigenvalue weighted by Crippen LogP contribution is -2.49. The first-order valence-corrected chi connectivity index (χ1v) is 8.59. The van der Waals surface area contributed by atoms with Crippen molar-refractivity contribution in [2.75, 3.05) is 0 Å². The first kappa shape index (κ1) is 20.1. The van der Waals surface area contributed by atoms with Crippen LogP contribution in [0.3, 0.4) is 0 Å². The molecule has 142 valence electrons. The molecule has 0 saturated heterocycles. The zero-order valence-electron chi connectivity index (χ0n) is 14.8. The SMILES string of the molecule is CCCc1ccc(OC(F)(F)C(F)(F)Oc2ccc(CCC)cc2)cc1. The van der Waals surface area contributed by atoms with Crippen molar-refractivity contribution in [3.8, 4) is 11.5 Å². The van der Waals surface area contributed by atoms with E-state index < -0.39 is 12.2 Å².